The van der Waals surface area contributed by atoms with Crippen LogP contribution in [0.4, 0.5) is 5.82 Å². The summed E-state index contributed by atoms with van der Waals surface area (Å²) in [5.41, 5.74) is 2.92. The molecule has 8 heteroatoms. The van der Waals surface area contributed by atoms with E-state index in [9.17, 15) is 14.7 Å². The first kappa shape index (κ1) is 23.6. The van der Waals surface area contributed by atoms with Crippen molar-refractivity contribution in [2.24, 2.45) is 0 Å². The van der Waals surface area contributed by atoms with Crippen molar-refractivity contribution in [3.05, 3.63) is 41.3 Å². The number of rotatable bonds is 12. The number of carboxylic acid groups (broad SMARTS) is 1. The van der Waals surface area contributed by atoms with Crippen LogP contribution in [0.1, 0.15) is 74.6 Å². The standard InChI is InChI=1S/C24H32N4O4/c1-2-32-24-26-15-18(16-27-24)20(21(29)23(30)31)11-6-4-3-5-10-19-13-12-17-9-7-8-14-25-22(17)28-19/h12-13,15-16,20H,2-11,14H2,1H3,(H,25,28)(H,30,31)/t20-/m0/s1. The van der Waals surface area contributed by atoms with Gasteiger partial charge in [0.05, 0.1) is 12.5 Å². The maximum absolute atomic E-state index is 12.2. The third kappa shape index (κ3) is 6.73. The minimum Gasteiger partial charge on any atom is -0.475 e. The number of carboxylic acids is 1. The number of hydrogen-bond donors (Lipinski definition) is 2. The second kappa shape index (κ2) is 12.1. The first-order valence-corrected chi connectivity index (χ1v) is 11.5. The summed E-state index contributed by atoms with van der Waals surface area (Å²) in [7, 11) is 0. The lowest BCUT2D eigenvalue weighted by atomic mass is 9.91. The van der Waals surface area contributed by atoms with E-state index in [1.807, 2.05) is 6.92 Å². The van der Waals surface area contributed by atoms with Crippen LogP contribution in [0.25, 0.3) is 0 Å². The number of fused-ring (bicyclic) bond motifs is 1. The van der Waals surface area contributed by atoms with E-state index in [-0.39, 0.29) is 6.01 Å². The number of unbranched alkanes of at least 4 members (excludes halogenated alkanes) is 3. The molecule has 0 fully saturated rings. The van der Waals surface area contributed by atoms with Crippen LogP contribution in [-0.2, 0) is 22.4 Å². The zero-order valence-electron chi connectivity index (χ0n) is 18.7. The molecule has 0 spiro atoms. The fourth-order valence-corrected chi connectivity index (χ4v) is 3.99. The van der Waals surface area contributed by atoms with Crippen LogP contribution in [0.5, 0.6) is 6.01 Å². The van der Waals surface area contributed by atoms with Crippen LogP contribution >= 0.6 is 0 Å². The van der Waals surface area contributed by atoms with Gasteiger partial charge in [-0.1, -0.05) is 25.3 Å². The smallest absolute Gasteiger partial charge is 0.372 e. The number of aromatic nitrogens is 3. The van der Waals surface area contributed by atoms with Crippen molar-refractivity contribution in [2.75, 3.05) is 18.5 Å². The highest BCUT2D eigenvalue weighted by Gasteiger charge is 2.26. The predicted octanol–water partition coefficient (Wildman–Crippen LogP) is 3.95. The summed E-state index contributed by atoms with van der Waals surface area (Å²) >= 11 is 0. The monoisotopic (exact) mass is 440 g/mol. The van der Waals surface area contributed by atoms with Crippen molar-refractivity contribution in [1.29, 1.82) is 0 Å². The van der Waals surface area contributed by atoms with Gasteiger partial charge in [-0.25, -0.2) is 19.7 Å². The Labute approximate surface area is 188 Å². The fraction of sp³-hybridized carbons (Fsp3) is 0.542. The van der Waals surface area contributed by atoms with Gasteiger partial charge in [0.1, 0.15) is 5.82 Å². The van der Waals surface area contributed by atoms with Gasteiger partial charge in [-0.2, -0.15) is 0 Å². The zero-order valence-corrected chi connectivity index (χ0v) is 18.7. The van der Waals surface area contributed by atoms with Crippen LogP contribution in [0, 0.1) is 0 Å². The van der Waals surface area contributed by atoms with Gasteiger partial charge < -0.3 is 15.2 Å². The van der Waals surface area contributed by atoms with Crippen molar-refractivity contribution >= 4 is 17.6 Å². The Morgan fingerprint density at radius 3 is 2.66 bits per heavy atom. The molecule has 0 amide bonds. The summed E-state index contributed by atoms with van der Waals surface area (Å²) in [5, 5.41) is 12.6. The van der Waals surface area contributed by atoms with Crippen molar-refractivity contribution in [2.45, 2.75) is 70.6 Å². The lowest BCUT2D eigenvalue weighted by Crippen LogP contribution is -2.22. The average Bonchev–Trinajstić information content (AvgIpc) is 3.04. The first-order chi connectivity index (χ1) is 15.6. The molecule has 0 saturated heterocycles. The number of aliphatic carboxylic acids is 1. The Morgan fingerprint density at radius 2 is 1.91 bits per heavy atom. The fourth-order valence-electron chi connectivity index (χ4n) is 3.99. The molecule has 0 unspecified atom stereocenters. The number of pyridine rings is 1. The minimum absolute atomic E-state index is 0.222. The SMILES string of the molecule is CCOc1ncc([C@H](CCCCCCc2ccc3c(n2)NCCCC3)C(=O)C(=O)O)cn1. The molecule has 1 aliphatic rings. The van der Waals surface area contributed by atoms with Crippen molar-refractivity contribution in [3.63, 3.8) is 0 Å². The third-order valence-corrected chi connectivity index (χ3v) is 5.73. The van der Waals surface area contributed by atoms with E-state index in [1.165, 1.54) is 30.8 Å². The van der Waals surface area contributed by atoms with Crippen molar-refractivity contribution in [1.82, 2.24) is 15.0 Å². The normalized spacial score (nSPS) is 14.0. The van der Waals surface area contributed by atoms with Gasteiger partial charge in [0.15, 0.2) is 0 Å². The third-order valence-electron chi connectivity index (χ3n) is 5.73. The molecule has 2 aromatic heterocycles. The Balaban J connectivity index is 1.46. The Hall–Kier alpha value is -3.03. The van der Waals surface area contributed by atoms with E-state index < -0.39 is 17.7 Å². The number of carbonyl (C=O) groups is 2. The van der Waals surface area contributed by atoms with Crippen LogP contribution in [0.3, 0.4) is 0 Å². The van der Waals surface area contributed by atoms with E-state index in [0.717, 1.165) is 56.6 Å². The van der Waals surface area contributed by atoms with Crippen molar-refractivity contribution in [3.8, 4) is 6.01 Å². The molecule has 0 bridgehead atoms. The molecule has 3 rings (SSSR count). The quantitative estimate of drug-likeness (QED) is 0.377. The molecule has 3 heterocycles. The largest absolute Gasteiger partial charge is 0.475 e. The molecule has 1 atom stereocenters. The van der Waals surface area contributed by atoms with Gasteiger partial charge >= 0.3 is 12.0 Å². The number of carbonyl (C=O) groups excluding carboxylic acids is 1. The van der Waals surface area contributed by atoms with Gasteiger partial charge in [0.25, 0.3) is 0 Å². The molecule has 0 aromatic carbocycles. The second-order valence-corrected chi connectivity index (χ2v) is 8.10. The summed E-state index contributed by atoms with van der Waals surface area (Å²) in [6, 6.07) is 4.54. The van der Waals surface area contributed by atoms with Gasteiger partial charge in [-0.15, -0.1) is 0 Å². The zero-order chi connectivity index (χ0) is 22.8. The number of aryl methyl sites for hydroxylation is 2. The van der Waals surface area contributed by atoms with Gasteiger partial charge in [-0.3, -0.25) is 4.79 Å². The highest BCUT2D eigenvalue weighted by atomic mass is 16.5. The molecule has 0 aliphatic carbocycles. The van der Waals surface area contributed by atoms with Crippen LogP contribution in [-0.4, -0.2) is 45.0 Å². The number of hydrogen-bond acceptors (Lipinski definition) is 7. The summed E-state index contributed by atoms with van der Waals surface area (Å²) in [5.74, 6) is -1.95. The summed E-state index contributed by atoms with van der Waals surface area (Å²) in [4.78, 5) is 36.4. The number of Topliss-reactive ketones (excluding diaryl/α,β-unsaturated/α-hetero) is 1. The lowest BCUT2D eigenvalue weighted by Gasteiger charge is -2.14. The van der Waals surface area contributed by atoms with Gasteiger partial charge in [-0.05, 0) is 57.1 Å². The Kier molecular flexibility index (Phi) is 8.95. The Morgan fingerprint density at radius 1 is 1.12 bits per heavy atom. The van der Waals surface area contributed by atoms with E-state index in [0.29, 0.717) is 18.6 Å². The van der Waals surface area contributed by atoms with Crippen LogP contribution in [0.15, 0.2) is 24.5 Å². The van der Waals surface area contributed by atoms with Crippen LogP contribution < -0.4 is 10.1 Å². The molecule has 32 heavy (non-hydrogen) atoms. The predicted molar refractivity (Wildman–Crippen MR) is 121 cm³/mol. The molecular formula is C24H32N4O4. The number of ketones is 1. The molecule has 0 saturated carbocycles. The van der Waals surface area contributed by atoms with E-state index in [1.54, 1.807) is 0 Å². The lowest BCUT2D eigenvalue weighted by molar-refractivity contribution is -0.149. The molecular weight excluding hydrogens is 408 g/mol. The molecule has 1 aliphatic heterocycles. The topological polar surface area (TPSA) is 114 Å². The number of nitrogens with zero attached hydrogens (tertiary/aromatic N) is 3. The minimum atomic E-state index is -1.42. The Bertz CT molecular complexity index is 901. The average molecular weight is 441 g/mol. The number of ether oxygens (including phenoxy) is 1. The highest BCUT2D eigenvalue weighted by Crippen LogP contribution is 2.25. The summed E-state index contributed by atoms with van der Waals surface area (Å²) in [6.07, 6.45) is 11.5. The molecule has 8 nitrogen and oxygen atoms in total. The highest BCUT2D eigenvalue weighted by molar-refractivity contribution is 6.34. The number of nitrogens with one attached hydrogen (secondary N) is 1. The van der Waals surface area contributed by atoms with Crippen molar-refractivity contribution < 1.29 is 19.4 Å². The number of anilines is 1. The first-order valence-electron chi connectivity index (χ1n) is 11.5. The molecule has 2 N–H and O–H groups in total. The van der Waals surface area contributed by atoms with E-state index >= 15 is 0 Å². The maximum atomic E-state index is 12.2. The maximum Gasteiger partial charge on any atom is 0.372 e. The summed E-state index contributed by atoms with van der Waals surface area (Å²) < 4.78 is 5.21. The molecule has 172 valence electrons. The van der Waals surface area contributed by atoms with Gasteiger partial charge in [0, 0.05) is 30.2 Å². The molecule has 0 radical (unpaired) electrons. The summed E-state index contributed by atoms with van der Waals surface area (Å²) in [6.45, 7) is 3.25. The second-order valence-electron chi connectivity index (χ2n) is 8.10. The van der Waals surface area contributed by atoms with E-state index in [4.69, 9.17) is 9.72 Å². The van der Waals surface area contributed by atoms with Crippen LogP contribution in [0.2, 0.25) is 0 Å². The van der Waals surface area contributed by atoms with E-state index in [2.05, 4.69) is 27.4 Å². The van der Waals surface area contributed by atoms with Gasteiger partial charge in [0.2, 0.25) is 5.78 Å². The molecule has 2 aromatic rings.